The number of nitrogens with one attached hydrogen (secondary N) is 2. The zero-order valence-corrected chi connectivity index (χ0v) is 16.6. The molecule has 1 heterocycles. The van der Waals surface area contributed by atoms with Crippen molar-refractivity contribution < 1.29 is 19.0 Å². The van der Waals surface area contributed by atoms with Crippen molar-refractivity contribution in [3.63, 3.8) is 0 Å². The summed E-state index contributed by atoms with van der Waals surface area (Å²) in [5.74, 6) is 2.27. The van der Waals surface area contributed by atoms with Gasteiger partial charge in [-0.3, -0.25) is 4.79 Å². The van der Waals surface area contributed by atoms with Crippen LogP contribution in [0.15, 0.2) is 60.8 Å². The van der Waals surface area contributed by atoms with Crippen molar-refractivity contribution in [1.29, 1.82) is 0 Å². The Balaban J connectivity index is 1.71. The van der Waals surface area contributed by atoms with Crippen LogP contribution in [0, 0.1) is 0 Å². The number of carbonyl (C=O) groups is 1. The number of rotatable bonds is 8. The van der Waals surface area contributed by atoms with Crippen LogP contribution in [0.5, 0.6) is 17.2 Å². The van der Waals surface area contributed by atoms with Gasteiger partial charge < -0.3 is 24.8 Å². The second-order valence-corrected chi connectivity index (χ2v) is 6.12. The molecule has 3 aromatic rings. The third-order valence-corrected chi connectivity index (χ3v) is 4.33. The molecule has 0 atom stereocenters. The van der Waals surface area contributed by atoms with E-state index >= 15 is 0 Å². The van der Waals surface area contributed by atoms with E-state index in [9.17, 15) is 4.79 Å². The summed E-state index contributed by atoms with van der Waals surface area (Å²) in [4.78, 5) is 17.0. The number of carbonyl (C=O) groups excluding carboxylic acids is 1. The molecule has 0 saturated heterocycles. The van der Waals surface area contributed by atoms with E-state index in [0.717, 1.165) is 11.3 Å². The fourth-order valence-corrected chi connectivity index (χ4v) is 2.80. The first-order valence-electron chi connectivity index (χ1n) is 8.99. The molecule has 0 aliphatic carbocycles. The molecule has 2 aromatic carbocycles. The standard InChI is InChI=1S/C22H23N3O4/c1-27-17-8-9-18(20(13-17)29-3)25-22(26)15-10-11-23-21(12-15)24-14-16-6-4-5-7-19(16)28-2/h4-13H,14H2,1-3H3,(H,23,24)(H,25,26). The van der Waals surface area contributed by atoms with Gasteiger partial charge in [0.15, 0.2) is 0 Å². The van der Waals surface area contributed by atoms with Gasteiger partial charge in [-0.2, -0.15) is 0 Å². The quantitative estimate of drug-likeness (QED) is 0.603. The molecule has 1 amide bonds. The van der Waals surface area contributed by atoms with Gasteiger partial charge in [-0.1, -0.05) is 18.2 Å². The number of benzene rings is 2. The van der Waals surface area contributed by atoms with E-state index in [2.05, 4.69) is 15.6 Å². The Bertz CT molecular complexity index is 991. The molecule has 29 heavy (non-hydrogen) atoms. The highest BCUT2D eigenvalue weighted by molar-refractivity contribution is 6.05. The Morgan fingerprint density at radius 1 is 0.931 bits per heavy atom. The molecule has 0 aliphatic rings. The molecule has 0 unspecified atom stereocenters. The smallest absolute Gasteiger partial charge is 0.255 e. The maximum Gasteiger partial charge on any atom is 0.255 e. The van der Waals surface area contributed by atoms with Crippen LogP contribution in [0.1, 0.15) is 15.9 Å². The van der Waals surface area contributed by atoms with E-state index < -0.39 is 0 Å². The van der Waals surface area contributed by atoms with Crippen molar-refractivity contribution in [1.82, 2.24) is 4.98 Å². The van der Waals surface area contributed by atoms with Gasteiger partial charge in [-0.05, 0) is 30.3 Å². The topological polar surface area (TPSA) is 81.7 Å². The van der Waals surface area contributed by atoms with Crippen molar-refractivity contribution in [3.8, 4) is 17.2 Å². The van der Waals surface area contributed by atoms with Crippen molar-refractivity contribution in [2.45, 2.75) is 6.54 Å². The summed E-state index contributed by atoms with van der Waals surface area (Å²) < 4.78 is 15.9. The van der Waals surface area contributed by atoms with Crippen molar-refractivity contribution in [2.24, 2.45) is 0 Å². The van der Waals surface area contributed by atoms with Gasteiger partial charge in [0, 0.05) is 29.9 Å². The highest BCUT2D eigenvalue weighted by Crippen LogP contribution is 2.29. The van der Waals surface area contributed by atoms with Crippen molar-refractivity contribution >= 4 is 17.4 Å². The van der Waals surface area contributed by atoms with Crippen molar-refractivity contribution in [2.75, 3.05) is 32.0 Å². The molecule has 0 aliphatic heterocycles. The van der Waals surface area contributed by atoms with Crippen LogP contribution in [0.4, 0.5) is 11.5 Å². The second-order valence-electron chi connectivity index (χ2n) is 6.12. The normalized spacial score (nSPS) is 10.2. The van der Waals surface area contributed by atoms with Gasteiger partial charge in [0.25, 0.3) is 5.91 Å². The van der Waals surface area contributed by atoms with Crippen LogP contribution >= 0.6 is 0 Å². The summed E-state index contributed by atoms with van der Waals surface area (Å²) in [6.07, 6.45) is 1.59. The predicted molar refractivity (Wildman–Crippen MR) is 112 cm³/mol. The van der Waals surface area contributed by atoms with E-state index in [0.29, 0.717) is 35.1 Å². The molecule has 0 spiro atoms. The monoisotopic (exact) mass is 393 g/mol. The molecule has 0 saturated carbocycles. The van der Waals surface area contributed by atoms with Gasteiger partial charge in [0.1, 0.15) is 23.1 Å². The Labute approximate surface area is 169 Å². The number of para-hydroxylation sites is 1. The number of aromatic nitrogens is 1. The number of pyridine rings is 1. The van der Waals surface area contributed by atoms with Gasteiger partial charge >= 0.3 is 0 Å². The maximum absolute atomic E-state index is 12.7. The molecule has 2 N–H and O–H groups in total. The number of nitrogens with zero attached hydrogens (tertiary/aromatic N) is 1. The average molecular weight is 393 g/mol. The lowest BCUT2D eigenvalue weighted by atomic mass is 10.2. The van der Waals surface area contributed by atoms with E-state index in [1.165, 1.54) is 7.11 Å². The summed E-state index contributed by atoms with van der Waals surface area (Å²) in [5, 5.41) is 6.07. The summed E-state index contributed by atoms with van der Waals surface area (Å²) in [6, 6.07) is 16.3. The van der Waals surface area contributed by atoms with Crippen LogP contribution in [-0.2, 0) is 6.54 Å². The van der Waals surface area contributed by atoms with Crippen LogP contribution < -0.4 is 24.8 Å². The van der Waals surface area contributed by atoms with Gasteiger partial charge in [0.2, 0.25) is 0 Å². The van der Waals surface area contributed by atoms with Gasteiger partial charge in [0.05, 0.1) is 27.0 Å². The molecule has 0 bridgehead atoms. The van der Waals surface area contributed by atoms with Crippen LogP contribution in [-0.4, -0.2) is 32.2 Å². The van der Waals surface area contributed by atoms with E-state index in [4.69, 9.17) is 14.2 Å². The molecule has 0 fully saturated rings. The third-order valence-electron chi connectivity index (χ3n) is 4.33. The lowest BCUT2D eigenvalue weighted by molar-refractivity contribution is 0.102. The Morgan fingerprint density at radius 3 is 2.48 bits per heavy atom. The van der Waals surface area contributed by atoms with E-state index in [1.807, 2.05) is 24.3 Å². The number of amides is 1. The summed E-state index contributed by atoms with van der Waals surface area (Å²) in [7, 11) is 4.75. The van der Waals surface area contributed by atoms with Crippen LogP contribution in [0.2, 0.25) is 0 Å². The molecule has 3 rings (SSSR count). The number of hydrogen-bond donors (Lipinski definition) is 2. The number of ether oxygens (including phenoxy) is 3. The van der Waals surface area contributed by atoms with Crippen LogP contribution in [0.25, 0.3) is 0 Å². The molecule has 7 heteroatoms. The first-order chi connectivity index (χ1) is 14.1. The first kappa shape index (κ1) is 20.0. The lowest BCUT2D eigenvalue weighted by Gasteiger charge is -2.13. The minimum atomic E-state index is -0.267. The fourth-order valence-electron chi connectivity index (χ4n) is 2.80. The maximum atomic E-state index is 12.7. The summed E-state index contributed by atoms with van der Waals surface area (Å²) in [5.41, 5.74) is 2.02. The van der Waals surface area contributed by atoms with Gasteiger partial charge in [-0.15, -0.1) is 0 Å². The molecule has 150 valence electrons. The number of hydrogen-bond acceptors (Lipinski definition) is 6. The zero-order chi connectivity index (χ0) is 20.6. The lowest BCUT2D eigenvalue weighted by Crippen LogP contribution is -2.13. The second kappa shape index (κ2) is 9.45. The van der Waals surface area contributed by atoms with E-state index in [-0.39, 0.29) is 5.91 Å². The highest BCUT2D eigenvalue weighted by Gasteiger charge is 2.12. The molecule has 1 aromatic heterocycles. The summed E-state index contributed by atoms with van der Waals surface area (Å²) in [6.45, 7) is 0.522. The average Bonchev–Trinajstić information content (AvgIpc) is 2.78. The van der Waals surface area contributed by atoms with Crippen LogP contribution in [0.3, 0.4) is 0 Å². The van der Waals surface area contributed by atoms with E-state index in [1.54, 1.807) is 50.7 Å². The zero-order valence-electron chi connectivity index (χ0n) is 16.6. The highest BCUT2D eigenvalue weighted by atomic mass is 16.5. The minimum absolute atomic E-state index is 0.267. The Morgan fingerprint density at radius 2 is 1.72 bits per heavy atom. The molecule has 7 nitrogen and oxygen atoms in total. The third kappa shape index (κ3) is 4.95. The SMILES string of the molecule is COc1ccc(NC(=O)c2ccnc(NCc3ccccc3OC)c2)c(OC)c1. The number of anilines is 2. The number of methoxy groups -OCH3 is 3. The Hall–Kier alpha value is -3.74. The molecule has 0 radical (unpaired) electrons. The predicted octanol–water partition coefficient (Wildman–Crippen LogP) is 3.97. The minimum Gasteiger partial charge on any atom is -0.497 e. The Kier molecular flexibility index (Phi) is 6.52. The van der Waals surface area contributed by atoms with Gasteiger partial charge in [-0.25, -0.2) is 4.98 Å². The summed E-state index contributed by atoms with van der Waals surface area (Å²) >= 11 is 0. The fraction of sp³-hybridized carbons (Fsp3) is 0.182. The molecular weight excluding hydrogens is 370 g/mol. The first-order valence-corrected chi connectivity index (χ1v) is 8.99. The largest absolute Gasteiger partial charge is 0.497 e. The molecular formula is C22H23N3O4. The van der Waals surface area contributed by atoms with Crippen molar-refractivity contribution in [3.05, 3.63) is 71.9 Å².